The van der Waals surface area contributed by atoms with Crippen LogP contribution in [0.4, 0.5) is 5.69 Å². The van der Waals surface area contributed by atoms with E-state index in [0.717, 1.165) is 60.5 Å². The van der Waals surface area contributed by atoms with E-state index in [0.29, 0.717) is 12.2 Å². The SMILES string of the molecule is CCC1=C(C(=O)NCc2ccc(N3CCN(C4=CC=C(C)CC4)CC3)cc2)N2C=CC=C(Br)C2=CN1. The number of piperazine rings is 1. The molecule has 0 aromatic heterocycles. The van der Waals surface area contributed by atoms with E-state index in [4.69, 9.17) is 0 Å². The quantitative estimate of drug-likeness (QED) is 0.511. The van der Waals surface area contributed by atoms with Crippen LogP contribution in [-0.2, 0) is 11.3 Å². The first-order chi connectivity index (χ1) is 17.5. The number of hydrogen-bond donors (Lipinski definition) is 2. The lowest BCUT2D eigenvalue weighted by molar-refractivity contribution is -0.118. The average Bonchev–Trinajstić information content (AvgIpc) is 2.92. The van der Waals surface area contributed by atoms with Gasteiger partial charge in [0.15, 0.2) is 0 Å². The lowest BCUT2D eigenvalue weighted by Crippen LogP contribution is -2.46. The smallest absolute Gasteiger partial charge is 0.270 e. The molecule has 2 N–H and O–H groups in total. The molecule has 1 aliphatic carbocycles. The number of benzene rings is 1. The first kappa shape index (κ1) is 24.5. The Labute approximate surface area is 222 Å². The Morgan fingerprint density at radius 3 is 2.47 bits per heavy atom. The van der Waals surface area contributed by atoms with Crippen molar-refractivity contribution in [2.24, 2.45) is 0 Å². The van der Waals surface area contributed by atoms with Gasteiger partial charge in [-0.3, -0.25) is 4.79 Å². The summed E-state index contributed by atoms with van der Waals surface area (Å²) in [5.74, 6) is -0.0842. The first-order valence-electron chi connectivity index (χ1n) is 12.8. The van der Waals surface area contributed by atoms with Crippen LogP contribution < -0.4 is 15.5 Å². The topological polar surface area (TPSA) is 50.9 Å². The standard InChI is InChI=1S/C29H34BrN5O/c1-3-26-28(35-14-4-5-25(30)27(35)20-31-26)29(36)32-19-22-8-12-24(13-9-22)34-17-15-33(16-18-34)23-10-6-21(2)7-11-23/h4-6,8-10,12-14,20,31H,3,7,11,15-19H2,1-2H3,(H,32,36). The van der Waals surface area contributed by atoms with Crippen LogP contribution in [0.15, 0.2) is 93.8 Å². The van der Waals surface area contributed by atoms with Crippen molar-refractivity contribution in [1.29, 1.82) is 0 Å². The van der Waals surface area contributed by atoms with Gasteiger partial charge in [0.1, 0.15) is 5.70 Å². The van der Waals surface area contributed by atoms with Crippen LogP contribution >= 0.6 is 15.9 Å². The Morgan fingerprint density at radius 2 is 1.78 bits per heavy atom. The van der Waals surface area contributed by atoms with Crippen molar-refractivity contribution in [3.8, 4) is 0 Å². The van der Waals surface area contributed by atoms with Crippen LogP contribution in [0, 0.1) is 0 Å². The average molecular weight is 549 g/mol. The monoisotopic (exact) mass is 547 g/mol. The summed E-state index contributed by atoms with van der Waals surface area (Å²) in [4.78, 5) is 20.2. The van der Waals surface area contributed by atoms with E-state index in [1.807, 2.05) is 29.5 Å². The highest BCUT2D eigenvalue weighted by Gasteiger charge is 2.28. The van der Waals surface area contributed by atoms with E-state index in [9.17, 15) is 4.79 Å². The molecule has 188 valence electrons. The number of hydrogen-bond acceptors (Lipinski definition) is 5. The molecule has 0 unspecified atom stereocenters. The van der Waals surface area contributed by atoms with Gasteiger partial charge in [0.05, 0.1) is 5.70 Å². The predicted octanol–water partition coefficient (Wildman–Crippen LogP) is 5.22. The molecule has 3 heterocycles. The first-order valence-corrected chi connectivity index (χ1v) is 13.6. The molecule has 1 aromatic rings. The Hall–Kier alpha value is -3.19. The summed E-state index contributed by atoms with van der Waals surface area (Å²) in [6.45, 7) is 8.93. The van der Waals surface area contributed by atoms with E-state index in [-0.39, 0.29) is 5.91 Å². The number of halogens is 1. The molecule has 0 radical (unpaired) electrons. The van der Waals surface area contributed by atoms with Gasteiger partial charge in [-0.05, 0) is 78.0 Å². The second-order valence-electron chi connectivity index (χ2n) is 9.58. The van der Waals surface area contributed by atoms with Crippen molar-refractivity contribution in [3.05, 3.63) is 99.4 Å². The molecule has 1 saturated heterocycles. The van der Waals surface area contributed by atoms with E-state index in [1.165, 1.54) is 23.4 Å². The largest absolute Gasteiger partial charge is 0.371 e. The molecule has 0 spiro atoms. The third kappa shape index (κ3) is 5.16. The highest BCUT2D eigenvalue weighted by molar-refractivity contribution is 9.12. The summed E-state index contributed by atoms with van der Waals surface area (Å²) in [7, 11) is 0. The molecule has 6 nitrogen and oxygen atoms in total. The molecule has 7 heteroatoms. The minimum atomic E-state index is -0.0842. The molecule has 3 aliphatic heterocycles. The number of carbonyl (C=O) groups excluding carboxylic acids is 1. The third-order valence-corrected chi connectivity index (χ3v) is 7.91. The number of amides is 1. The van der Waals surface area contributed by atoms with Gasteiger partial charge >= 0.3 is 0 Å². The number of carbonyl (C=O) groups is 1. The van der Waals surface area contributed by atoms with E-state index in [2.05, 4.69) is 86.6 Å². The lowest BCUT2D eigenvalue weighted by atomic mass is 10.0. The van der Waals surface area contributed by atoms with Gasteiger partial charge in [-0.25, -0.2) is 0 Å². The summed E-state index contributed by atoms with van der Waals surface area (Å²) >= 11 is 3.58. The molecule has 0 saturated carbocycles. The van der Waals surface area contributed by atoms with Gasteiger partial charge in [0.25, 0.3) is 5.91 Å². The summed E-state index contributed by atoms with van der Waals surface area (Å²) in [6, 6.07) is 8.61. The van der Waals surface area contributed by atoms with Crippen LogP contribution in [-0.4, -0.2) is 41.9 Å². The minimum Gasteiger partial charge on any atom is -0.371 e. The molecule has 0 atom stereocenters. The fraction of sp³-hybridized carbons (Fsp3) is 0.345. The maximum Gasteiger partial charge on any atom is 0.270 e. The number of nitrogens with one attached hydrogen (secondary N) is 2. The van der Waals surface area contributed by atoms with Gasteiger partial charge in [0.2, 0.25) is 0 Å². The van der Waals surface area contributed by atoms with Crippen molar-refractivity contribution in [3.63, 3.8) is 0 Å². The number of anilines is 1. The number of nitrogens with zero attached hydrogens (tertiary/aromatic N) is 3. The van der Waals surface area contributed by atoms with Crippen LogP contribution in [0.5, 0.6) is 0 Å². The maximum atomic E-state index is 13.2. The molecule has 1 amide bonds. The van der Waals surface area contributed by atoms with Crippen molar-refractivity contribution in [2.75, 3.05) is 31.1 Å². The number of fused-ring (bicyclic) bond motifs is 1. The molecule has 0 bridgehead atoms. The molecule has 5 rings (SSSR count). The Kier molecular flexibility index (Phi) is 7.37. The molecular formula is C29H34BrN5O. The van der Waals surface area contributed by atoms with Gasteiger partial charge in [-0.15, -0.1) is 0 Å². The molecule has 4 aliphatic rings. The van der Waals surface area contributed by atoms with Crippen LogP contribution in [0.2, 0.25) is 0 Å². The lowest BCUT2D eigenvalue weighted by Gasteiger charge is -2.39. The Morgan fingerprint density at radius 1 is 1.03 bits per heavy atom. The highest BCUT2D eigenvalue weighted by Crippen LogP contribution is 2.32. The van der Waals surface area contributed by atoms with Crippen molar-refractivity contribution in [1.82, 2.24) is 20.4 Å². The highest BCUT2D eigenvalue weighted by atomic mass is 79.9. The summed E-state index contributed by atoms with van der Waals surface area (Å²) in [6.07, 6.45) is 15.4. The van der Waals surface area contributed by atoms with E-state index in [1.54, 1.807) is 0 Å². The van der Waals surface area contributed by atoms with Crippen LogP contribution in [0.3, 0.4) is 0 Å². The fourth-order valence-electron chi connectivity index (χ4n) is 5.05. The molecule has 1 aromatic carbocycles. The Bertz CT molecular complexity index is 1200. The third-order valence-electron chi connectivity index (χ3n) is 7.24. The molecular weight excluding hydrogens is 514 g/mol. The van der Waals surface area contributed by atoms with Gasteiger partial charge in [-0.2, -0.15) is 0 Å². The van der Waals surface area contributed by atoms with Crippen molar-refractivity contribution in [2.45, 2.75) is 39.7 Å². The normalized spacial score (nSPS) is 19.7. The second-order valence-corrected chi connectivity index (χ2v) is 10.4. The van der Waals surface area contributed by atoms with Crippen molar-refractivity contribution >= 4 is 27.5 Å². The predicted molar refractivity (Wildman–Crippen MR) is 150 cm³/mol. The number of rotatable bonds is 6. The molecule has 36 heavy (non-hydrogen) atoms. The Balaban J connectivity index is 1.17. The van der Waals surface area contributed by atoms with Crippen molar-refractivity contribution < 1.29 is 4.79 Å². The van der Waals surface area contributed by atoms with Crippen LogP contribution in [0.1, 0.15) is 38.7 Å². The van der Waals surface area contributed by atoms with Gasteiger partial charge in [0, 0.05) is 66.7 Å². The van der Waals surface area contributed by atoms with Crippen LogP contribution in [0.25, 0.3) is 0 Å². The molecule has 1 fully saturated rings. The second kappa shape index (κ2) is 10.8. The van der Waals surface area contributed by atoms with E-state index < -0.39 is 0 Å². The van der Waals surface area contributed by atoms with Gasteiger partial charge < -0.3 is 25.3 Å². The zero-order valence-electron chi connectivity index (χ0n) is 21.1. The van der Waals surface area contributed by atoms with E-state index >= 15 is 0 Å². The fourth-order valence-corrected chi connectivity index (χ4v) is 5.51. The zero-order chi connectivity index (χ0) is 25.1. The summed E-state index contributed by atoms with van der Waals surface area (Å²) in [5, 5.41) is 6.41. The number of allylic oxidation sites excluding steroid dienone is 8. The van der Waals surface area contributed by atoms with Gasteiger partial charge in [-0.1, -0.05) is 30.7 Å². The summed E-state index contributed by atoms with van der Waals surface area (Å²) in [5.41, 5.74) is 7.77. The minimum absolute atomic E-state index is 0.0842. The maximum absolute atomic E-state index is 13.2. The zero-order valence-corrected chi connectivity index (χ0v) is 22.6. The summed E-state index contributed by atoms with van der Waals surface area (Å²) < 4.78 is 0.941.